The zero-order valence-corrected chi connectivity index (χ0v) is 13.6. The maximum absolute atomic E-state index is 12.3. The van der Waals surface area contributed by atoms with Crippen LogP contribution in [-0.4, -0.2) is 16.0 Å². The molecule has 4 nitrogen and oxygen atoms in total. The van der Waals surface area contributed by atoms with E-state index in [1.54, 1.807) is 0 Å². The first kappa shape index (κ1) is 14.5. The molecule has 2 aliphatic carbocycles. The quantitative estimate of drug-likeness (QED) is 0.944. The third-order valence-corrected chi connectivity index (χ3v) is 5.12. The van der Waals surface area contributed by atoms with Crippen molar-refractivity contribution in [2.45, 2.75) is 51.6 Å². The minimum absolute atomic E-state index is 0.0709. The summed E-state index contributed by atoms with van der Waals surface area (Å²) in [4.78, 5) is 22.5. The Labute approximate surface area is 136 Å². The molecule has 4 heteroatoms. The van der Waals surface area contributed by atoms with Crippen molar-refractivity contribution in [2.24, 2.45) is 5.92 Å². The van der Waals surface area contributed by atoms with Gasteiger partial charge in [0.05, 0.1) is 12.2 Å². The first-order chi connectivity index (χ1) is 11.2. The highest BCUT2D eigenvalue weighted by atomic mass is 16.1. The molecule has 2 aliphatic rings. The summed E-state index contributed by atoms with van der Waals surface area (Å²) in [6, 6.07) is 11.0. The van der Waals surface area contributed by atoms with Gasteiger partial charge in [-0.2, -0.15) is 0 Å². The number of benzene rings is 1. The van der Waals surface area contributed by atoms with Crippen LogP contribution in [0.4, 0.5) is 5.69 Å². The number of rotatable bonds is 4. The molecule has 1 aromatic heterocycles. The molecule has 0 radical (unpaired) electrons. The molecule has 1 fully saturated rings. The molecular weight excluding hydrogens is 286 g/mol. The summed E-state index contributed by atoms with van der Waals surface area (Å²) in [7, 11) is 0. The molecule has 1 saturated carbocycles. The standard InChI is InChI=1S/C19H23N3O/c1-13-11-17(13)22(14-7-3-2-4-8-14)12-18-20-16-10-6-5-9-15(16)19(23)21-18/h2-4,7-8,13,17H,5-6,9-12H2,1H3,(H,20,21,23). The zero-order valence-electron chi connectivity index (χ0n) is 13.6. The molecule has 0 spiro atoms. The van der Waals surface area contributed by atoms with Crippen molar-refractivity contribution >= 4 is 5.69 Å². The van der Waals surface area contributed by atoms with Gasteiger partial charge in [-0.3, -0.25) is 4.79 Å². The van der Waals surface area contributed by atoms with Gasteiger partial charge in [0.2, 0.25) is 0 Å². The summed E-state index contributed by atoms with van der Waals surface area (Å²) in [5.74, 6) is 1.51. The number of aryl methyl sites for hydroxylation is 1. The average Bonchev–Trinajstić information content (AvgIpc) is 3.30. The number of H-pyrrole nitrogens is 1. The van der Waals surface area contributed by atoms with E-state index in [9.17, 15) is 4.79 Å². The molecule has 2 unspecified atom stereocenters. The Kier molecular flexibility index (Phi) is 3.68. The van der Waals surface area contributed by atoms with E-state index in [1.807, 2.05) is 6.07 Å². The predicted octanol–water partition coefficient (Wildman–Crippen LogP) is 3.06. The number of anilines is 1. The van der Waals surface area contributed by atoms with E-state index >= 15 is 0 Å². The second kappa shape index (κ2) is 5.84. The molecule has 23 heavy (non-hydrogen) atoms. The summed E-state index contributed by atoms with van der Waals surface area (Å²) in [6.45, 7) is 2.96. The van der Waals surface area contributed by atoms with E-state index in [0.717, 1.165) is 42.8 Å². The van der Waals surface area contributed by atoms with Crippen LogP contribution >= 0.6 is 0 Å². The van der Waals surface area contributed by atoms with E-state index in [0.29, 0.717) is 18.5 Å². The van der Waals surface area contributed by atoms with Crippen LogP contribution in [0.25, 0.3) is 0 Å². The molecular formula is C19H23N3O. The van der Waals surface area contributed by atoms with Crippen LogP contribution in [0.1, 0.15) is 43.3 Å². The Morgan fingerprint density at radius 3 is 2.70 bits per heavy atom. The normalized spacial score (nSPS) is 22.5. The highest BCUT2D eigenvalue weighted by Gasteiger charge is 2.38. The smallest absolute Gasteiger partial charge is 0.254 e. The number of aromatic amines is 1. The van der Waals surface area contributed by atoms with Crippen LogP contribution in [0.3, 0.4) is 0 Å². The van der Waals surface area contributed by atoms with Crippen LogP contribution in [0.15, 0.2) is 35.1 Å². The van der Waals surface area contributed by atoms with E-state index in [2.05, 4.69) is 41.1 Å². The summed E-state index contributed by atoms with van der Waals surface area (Å²) in [5.41, 5.74) is 3.21. The Balaban J connectivity index is 1.65. The second-order valence-electron chi connectivity index (χ2n) is 6.89. The molecule has 0 amide bonds. The minimum Gasteiger partial charge on any atom is -0.361 e. The number of fused-ring (bicyclic) bond motifs is 1. The van der Waals surface area contributed by atoms with Crippen LogP contribution in [0, 0.1) is 5.92 Å². The molecule has 120 valence electrons. The Bertz CT molecular complexity index is 753. The first-order valence-corrected chi connectivity index (χ1v) is 8.65. The molecule has 0 saturated heterocycles. The summed E-state index contributed by atoms with van der Waals surface area (Å²) in [5, 5.41) is 0. The van der Waals surface area contributed by atoms with Crippen LogP contribution in [0.2, 0.25) is 0 Å². The number of hydrogen-bond donors (Lipinski definition) is 1. The number of nitrogens with one attached hydrogen (secondary N) is 1. The topological polar surface area (TPSA) is 49.0 Å². The Hall–Kier alpha value is -2.10. The molecule has 1 aromatic carbocycles. The van der Waals surface area contributed by atoms with Gasteiger partial charge in [0, 0.05) is 17.3 Å². The van der Waals surface area contributed by atoms with Gasteiger partial charge in [-0.05, 0) is 50.2 Å². The lowest BCUT2D eigenvalue weighted by Crippen LogP contribution is -2.30. The fourth-order valence-corrected chi connectivity index (χ4v) is 3.65. The van der Waals surface area contributed by atoms with Crippen LogP contribution in [-0.2, 0) is 19.4 Å². The van der Waals surface area contributed by atoms with E-state index in [4.69, 9.17) is 4.98 Å². The van der Waals surface area contributed by atoms with Crippen LogP contribution < -0.4 is 10.5 Å². The lowest BCUT2D eigenvalue weighted by Gasteiger charge is -2.25. The van der Waals surface area contributed by atoms with Gasteiger partial charge < -0.3 is 9.88 Å². The first-order valence-electron chi connectivity index (χ1n) is 8.65. The third kappa shape index (κ3) is 2.90. The summed E-state index contributed by atoms with van der Waals surface area (Å²) < 4.78 is 0. The van der Waals surface area contributed by atoms with Gasteiger partial charge >= 0.3 is 0 Å². The number of hydrogen-bond acceptors (Lipinski definition) is 3. The van der Waals surface area contributed by atoms with Crippen molar-refractivity contribution in [3.05, 3.63) is 57.8 Å². The SMILES string of the molecule is CC1CC1N(Cc1nc2c(c(=O)[nH]1)CCCC2)c1ccccc1. The fraction of sp³-hybridized carbons (Fsp3) is 0.474. The van der Waals surface area contributed by atoms with Crippen molar-refractivity contribution in [3.8, 4) is 0 Å². The summed E-state index contributed by atoms with van der Waals surface area (Å²) >= 11 is 0. The summed E-state index contributed by atoms with van der Waals surface area (Å²) in [6.07, 6.45) is 5.28. The van der Waals surface area contributed by atoms with Gasteiger partial charge in [0.1, 0.15) is 5.82 Å². The molecule has 1 N–H and O–H groups in total. The largest absolute Gasteiger partial charge is 0.361 e. The van der Waals surface area contributed by atoms with Gasteiger partial charge in [0.15, 0.2) is 0 Å². The number of nitrogens with zero attached hydrogens (tertiary/aromatic N) is 2. The number of para-hydroxylation sites is 1. The Morgan fingerprint density at radius 1 is 1.22 bits per heavy atom. The van der Waals surface area contributed by atoms with Crippen molar-refractivity contribution in [2.75, 3.05) is 4.90 Å². The monoisotopic (exact) mass is 309 g/mol. The maximum Gasteiger partial charge on any atom is 0.254 e. The van der Waals surface area contributed by atoms with E-state index < -0.39 is 0 Å². The maximum atomic E-state index is 12.3. The molecule has 0 aliphatic heterocycles. The molecule has 4 rings (SSSR count). The molecule has 2 atom stereocenters. The fourth-order valence-electron chi connectivity index (χ4n) is 3.65. The van der Waals surface area contributed by atoms with E-state index in [-0.39, 0.29) is 5.56 Å². The van der Waals surface area contributed by atoms with Crippen LogP contribution in [0.5, 0.6) is 0 Å². The van der Waals surface area contributed by atoms with Gasteiger partial charge in [-0.15, -0.1) is 0 Å². The zero-order chi connectivity index (χ0) is 15.8. The van der Waals surface area contributed by atoms with Crippen molar-refractivity contribution in [1.29, 1.82) is 0 Å². The van der Waals surface area contributed by atoms with Gasteiger partial charge in [0.25, 0.3) is 5.56 Å². The molecule has 2 aromatic rings. The van der Waals surface area contributed by atoms with Crippen molar-refractivity contribution in [3.63, 3.8) is 0 Å². The lowest BCUT2D eigenvalue weighted by atomic mass is 9.97. The highest BCUT2D eigenvalue weighted by Crippen LogP contribution is 2.38. The van der Waals surface area contributed by atoms with Gasteiger partial charge in [-0.25, -0.2) is 4.98 Å². The second-order valence-corrected chi connectivity index (χ2v) is 6.89. The minimum atomic E-state index is 0.0709. The highest BCUT2D eigenvalue weighted by molar-refractivity contribution is 5.48. The Morgan fingerprint density at radius 2 is 1.96 bits per heavy atom. The third-order valence-electron chi connectivity index (χ3n) is 5.12. The van der Waals surface area contributed by atoms with Gasteiger partial charge in [-0.1, -0.05) is 25.1 Å². The predicted molar refractivity (Wildman–Crippen MR) is 91.7 cm³/mol. The molecule has 0 bridgehead atoms. The molecule has 1 heterocycles. The number of aromatic nitrogens is 2. The van der Waals surface area contributed by atoms with Crippen molar-refractivity contribution in [1.82, 2.24) is 9.97 Å². The van der Waals surface area contributed by atoms with Crippen molar-refractivity contribution < 1.29 is 0 Å². The average molecular weight is 309 g/mol. The van der Waals surface area contributed by atoms with E-state index in [1.165, 1.54) is 12.1 Å². The lowest BCUT2D eigenvalue weighted by molar-refractivity contribution is 0.637.